The van der Waals surface area contributed by atoms with Gasteiger partial charge >= 0.3 is 0 Å². The van der Waals surface area contributed by atoms with Crippen molar-refractivity contribution in [3.05, 3.63) is 84.1 Å². The van der Waals surface area contributed by atoms with Gasteiger partial charge in [0.2, 0.25) is 10.0 Å². The Kier molecular flexibility index (Phi) is 5.53. The van der Waals surface area contributed by atoms with Gasteiger partial charge in [-0.1, -0.05) is 48.5 Å². The molecule has 0 aliphatic carbocycles. The van der Waals surface area contributed by atoms with Gasteiger partial charge in [-0.25, -0.2) is 13.4 Å². The number of sulfonamides is 1. The van der Waals surface area contributed by atoms with Crippen LogP contribution in [-0.2, 0) is 16.4 Å². The molecule has 1 heterocycles. The smallest absolute Gasteiger partial charge is 0.233 e. The van der Waals surface area contributed by atoms with Gasteiger partial charge in [-0.15, -0.1) is 0 Å². The molecule has 0 atom stereocenters. The summed E-state index contributed by atoms with van der Waals surface area (Å²) in [5.41, 5.74) is 3.53. The third kappa shape index (κ3) is 5.07. The highest BCUT2D eigenvalue weighted by Gasteiger charge is 2.11. The number of nitrogens with one attached hydrogen (secondary N) is 2. The first-order valence-corrected chi connectivity index (χ1v) is 10.0. The van der Waals surface area contributed by atoms with Crippen LogP contribution >= 0.6 is 0 Å². The zero-order valence-electron chi connectivity index (χ0n) is 14.5. The van der Waals surface area contributed by atoms with Crippen molar-refractivity contribution >= 4 is 27.2 Å². The fraction of sp³-hybridized carbons (Fsp3) is 0.150. The Morgan fingerprint density at radius 2 is 1.65 bits per heavy atom. The summed E-state index contributed by atoms with van der Waals surface area (Å²) < 4.78 is 27.1. The van der Waals surface area contributed by atoms with E-state index in [-0.39, 0.29) is 5.75 Å². The number of rotatable bonds is 7. The number of benzene rings is 2. The molecular formula is C20H21N3O2S. The van der Waals surface area contributed by atoms with E-state index in [9.17, 15) is 8.42 Å². The highest BCUT2D eigenvalue weighted by molar-refractivity contribution is 7.92. The average Bonchev–Trinajstić information content (AvgIpc) is 2.64. The first kappa shape index (κ1) is 17.9. The number of pyridine rings is 1. The first-order chi connectivity index (χ1) is 12.5. The molecule has 1 aromatic heterocycles. The Morgan fingerprint density at radius 3 is 2.35 bits per heavy atom. The van der Waals surface area contributed by atoms with Crippen LogP contribution in [0.4, 0.5) is 17.2 Å². The maximum absolute atomic E-state index is 12.2. The monoisotopic (exact) mass is 367 g/mol. The number of hydrogen-bond acceptors (Lipinski definition) is 4. The van der Waals surface area contributed by atoms with Crippen molar-refractivity contribution in [3.63, 3.8) is 0 Å². The second kappa shape index (κ2) is 8.01. The molecule has 0 amide bonds. The first-order valence-electron chi connectivity index (χ1n) is 8.35. The topological polar surface area (TPSA) is 71.1 Å². The highest BCUT2D eigenvalue weighted by atomic mass is 32.2. The van der Waals surface area contributed by atoms with Gasteiger partial charge in [-0.3, -0.25) is 4.72 Å². The predicted molar refractivity (Wildman–Crippen MR) is 106 cm³/mol. The van der Waals surface area contributed by atoms with Crippen molar-refractivity contribution in [1.29, 1.82) is 0 Å². The van der Waals surface area contributed by atoms with Crippen LogP contribution in [0.5, 0.6) is 0 Å². The molecule has 0 spiro atoms. The third-order valence-corrected chi connectivity index (χ3v) is 5.24. The molecule has 2 N–H and O–H groups in total. The quantitative estimate of drug-likeness (QED) is 0.659. The predicted octanol–water partition coefficient (Wildman–Crippen LogP) is 4.12. The molecule has 0 saturated carbocycles. The van der Waals surface area contributed by atoms with Crippen molar-refractivity contribution < 1.29 is 8.42 Å². The molecule has 3 aromatic rings. The van der Waals surface area contributed by atoms with Crippen molar-refractivity contribution in [2.24, 2.45) is 0 Å². The van der Waals surface area contributed by atoms with Crippen LogP contribution in [0.2, 0.25) is 0 Å². The molecule has 0 aliphatic rings. The summed E-state index contributed by atoms with van der Waals surface area (Å²) in [7, 11) is -3.42. The van der Waals surface area contributed by atoms with Crippen molar-refractivity contribution in [2.45, 2.75) is 13.3 Å². The SMILES string of the molecule is Cc1ccccc1Nc1ccc(NS(=O)(=O)CCc2ccccc2)cn1. The minimum absolute atomic E-state index is 0.0280. The Labute approximate surface area is 154 Å². The van der Waals surface area contributed by atoms with Crippen LogP contribution in [0.1, 0.15) is 11.1 Å². The second-order valence-corrected chi connectivity index (χ2v) is 7.87. The second-order valence-electron chi connectivity index (χ2n) is 6.03. The van der Waals surface area contributed by atoms with Crippen LogP contribution in [0.15, 0.2) is 72.9 Å². The molecule has 6 heteroatoms. The average molecular weight is 367 g/mol. The van der Waals surface area contributed by atoms with Crippen LogP contribution in [0, 0.1) is 6.92 Å². The van der Waals surface area contributed by atoms with E-state index in [0.29, 0.717) is 17.9 Å². The van der Waals surface area contributed by atoms with Crippen LogP contribution in [0.3, 0.4) is 0 Å². The minimum Gasteiger partial charge on any atom is -0.340 e. The van der Waals surface area contributed by atoms with E-state index >= 15 is 0 Å². The molecule has 0 unspecified atom stereocenters. The number of aromatic nitrogens is 1. The number of hydrogen-bond donors (Lipinski definition) is 2. The molecule has 26 heavy (non-hydrogen) atoms. The Balaban J connectivity index is 1.60. The summed E-state index contributed by atoms with van der Waals surface area (Å²) in [5.74, 6) is 0.687. The number of anilines is 3. The highest BCUT2D eigenvalue weighted by Crippen LogP contribution is 2.20. The zero-order valence-corrected chi connectivity index (χ0v) is 15.3. The van der Waals surface area contributed by atoms with E-state index in [1.54, 1.807) is 12.1 Å². The molecule has 0 radical (unpaired) electrons. The van der Waals surface area contributed by atoms with Crippen molar-refractivity contribution in [1.82, 2.24) is 4.98 Å². The van der Waals surface area contributed by atoms with Crippen molar-refractivity contribution in [3.8, 4) is 0 Å². The summed E-state index contributed by atoms with van der Waals surface area (Å²) in [4.78, 5) is 4.28. The molecule has 134 valence electrons. The lowest BCUT2D eigenvalue weighted by atomic mass is 10.2. The fourth-order valence-corrected chi connectivity index (χ4v) is 3.59. The molecule has 3 rings (SSSR count). The van der Waals surface area contributed by atoms with Gasteiger partial charge in [0, 0.05) is 5.69 Å². The summed E-state index contributed by atoms with van der Waals surface area (Å²) in [6.07, 6.45) is 1.98. The zero-order chi connectivity index (χ0) is 18.4. The normalized spacial score (nSPS) is 11.1. The molecule has 0 aliphatic heterocycles. The van der Waals surface area contributed by atoms with Gasteiger partial charge < -0.3 is 5.32 Å². The van der Waals surface area contributed by atoms with Crippen molar-refractivity contribution in [2.75, 3.05) is 15.8 Å². The third-order valence-electron chi connectivity index (χ3n) is 3.95. The summed E-state index contributed by atoms with van der Waals surface area (Å²) in [6, 6.07) is 20.9. The van der Waals surface area contributed by atoms with E-state index in [2.05, 4.69) is 15.0 Å². The lowest BCUT2D eigenvalue weighted by Gasteiger charge is -2.10. The maximum Gasteiger partial charge on any atom is 0.233 e. The number of aryl methyl sites for hydroxylation is 2. The van der Waals surface area contributed by atoms with Gasteiger partial charge in [0.25, 0.3) is 0 Å². The minimum atomic E-state index is -3.42. The largest absolute Gasteiger partial charge is 0.340 e. The lowest BCUT2D eigenvalue weighted by molar-refractivity contribution is 0.600. The Morgan fingerprint density at radius 1 is 0.923 bits per heavy atom. The van der Waals surface area contributed by atoms with E-state index in [1.165, 1.54) is 6.20 Å². The van der Waals surface area contributed by atoms with E-state index in [0.717, 1.165) is 16.8 Å². The summed E-state index contributed by atoms with van der Waals surface area (Å²) in [6.45, 7) is 2.01. The maximum atomic E-state index is 12.2. The van der Waals surface area contributed by atoms with E-state index < -0.39 is 10.0 Å². The van der Waals surface area contributed by atoms with Crippen LogP contribution < -0.4 is 10.0 Å². The molecule has 0 saturated heterocycles. The Bertz CT molecular complexity index is 956. The van der Waals surface area contributed by atoms with Crippen LogP contribution in [0.25, 0.3) is 0 Å². The standard InChI is InChI=1S/C20H21N3O2S/c1-16-7-5-6-10-19(16)22-20-12-11-18(15-21-20)23-26(24,25)14-13-17-8-3-2-4-9-17/h2-12,15,23H,13-14H2,1H3,(H,21,22). The molecule has 0 bridgehead atoms. The van der Waals surface area contributed by atoms with Gasteiger partial charge in [-0.05, 0) is 42.7 Å². The number of nitrogens with zero attached hydrogens (tertiary/aromatic N) is 1. The van der Waals surface area contributed by atoms with Gasteiger partial charge in [0.15, 0.2) is 0 Å². The summed E-state index contributed by atoms with van der Waals surface area (Å²) in [5, 5.41) is 3.22. The van der Waals surface area contributed by atoms with Gasteiger partial charge in [-0.2, -0.15) is 0 Å². The fourth-order valence-electron chi connectivity index (χ4n) is 2.51. The lowest BCUT2D eigenvalue weighted by Crippen LogP contribution is -2.18. The summed E-state index contributed by atoms with van der Waals surface area (Å²) >= 11 is 0. The number of para-hydroxylation sites is 1. The van der Waals surface area contributed by atoms with E-state index in [4.69, 9.17) is 0 Å². The molecular weight excluding hydrogens is 346 g/mol. The van der Waals surface area contributed by atoms with Gasteiger partial charge in [0.1, 0.15) is 5.82 Å². The Hall–Kier alpha value is -2.86. The van der Waals surface area contributed by atoms with E-state index in [1.807, 2.05) is 61.5 Å². The van der Waals surface area contributed by atoms with Gasteiger partial charge in [0.05, 0.1) is 17.6 Å². The molecule has 5 nitrogen and oxygen atoms in total. The molecule has 0 fully saturated rings. The van der Waals surface area contributed by atoms with Crippen LogP contribution in [-0.4, -0.2) is 19.2 Å². The molecule has 2 aromatic carbocycles.